The maximum absolute atomic E-state index is 13.2. The van der Waals surface area contributed by atoms with Gasteiger partial charge < -0.3 is 10.1 Å². The number of carbonyl (C=O) groups is 6. The molecule has 5 heterocycles. The molecule has 0 aliphatic carbocycles. The molecule has 1 saturated heterocycles. The smallest absolute Gasteiger partial charge is 0.266 e. The summed E-state index contributed by atoms with van der Waals surface area (Å²) in [5.74, 6) is -1.01. The van der Waals surface area contributed by atoms with Gasteiger partial charge in [0.2, 0.25) is 17.7 Å². The molecule has 1 aromatic carbocycles. The number of imide groups is 2. The molecule has 52 heavy (non-hydrogen) atoms. The standard InChI is InChI=1S/C37H43N7O7S/c1-21-22(2)52-37-26(21)19-39-27(33-42-41-23(3)43(33)37)18-31(47)38-17-10-8-6-4-5-7-9-12-24(45)20-51-29-14-11-13-25-32(29)36(50)44(35(25)49)28-15-16-30(46)40-34(28)48/h11,13-14,19,27-28H,4-10,12,15-18,20H2,1-3H3,(H,38,47)(H,40,46,48)/t27-,28?/m0/s1. The molecule has 0 spiro atoms. The molecule has 3 aliphatic heterocycles. The van der Waals surface area contributed by atoms with Crippen molar-refractivity contribution in [3.8, 4) is 10.8 Å². The van der Waals surface area contributed by atoms with Crippen molar-refractivity contribution in [2.24, 2.45) is 4.99 Å². The molecule has 0 bridgehead atoms. The summed E-state index contributed by atoms with van der Waals surface area (Å²) >= 11 is 1.69. The van der Waals surface area contributed by atoms with E-state index >= 15 is 0 Å². The fraction of sp³-hybridized carbons (Fsp3) is 0.486. The van der Waals surface area contributed by atoms with Crippen LogP contribution in [0.3, 0.4) is 0 Å². The van der Waals surface area contributed by atoms with E-state index in [1.807, 2.05) is 17.7 Å². The first-order chi connectivity index (χ1) is 25.0. The van der Waals surface area contributed by atoms with Gasteiger partial charge in [-0.1, -0.05) is 38.2 Å². The van der Waals surface area contributed by atoms with Crippen molar-refractivity contribution in [2.75, 3.05) is 13.2 Å². The number of ether oxygens (including phenoxy) is 1. The maximum Gasteiger partial charge on any atom is 0.266 e. The average Bonchev–Trinajstić information content (AvgIpc) is 3.68. The minimum Gasteiger partial charge on any atom is -0.485 e. The predicted octanol–water partition coefficient (Wildman–Crippen LogP) is 4.40. The highest BCUT2D eigenvalue weighted by Crippen LogP contribution is 2.36. The second-order valence-corrected chi connectivity index (χ2v) is 14.7. The molecular formula is C37H43N7O7S. The lowest BCUT2D eigenvalue weighted by molar-refractivity contribution is -0.136. The van der Waals surface area contributed by atoms with Gasteiger partial charge in [-0.3, -0.25) is 48.5 Å². The average molecular weight is 730 g/mol. The van der Waals surface area contributed by atoms with Gasteiger partial charge in [-0.2, -0.15) is 0 Å². The number of aryl methyl sites for hydroxylation is 2. The number of benzene rings is 1. The molecule has 14 nitrogen and oxygen atoms in total. The molecule has 0 saturated carbocycles. The fourth-order valence-electron chi connectivity index (χ4n) is 6.81. The Hall–Kier alpha value is -5.05. The molecule has 1 unspecified atom stereocenters. The molecule has 1 fully saturated rings. The van der Waals surface area contributed by atoms with Gasteiger partial charge in [0.05, 0.1) is 17.5 Å². The number of unbranched alkanes of at least 4 members (excludes halogenated alkanes) is 6. The summed E-state index contributed by atoms with van der Waals surface area (Å²) in [6.07, 6.45) is 9.04. The van der Waals surface area contributed by atoms with E-state index in [0.717, 1.165) is 66.2 Å². The van der Waals surface area contributed by atoms with E-state index in [-0.39, 0.29) is 54.4 Å². The van der Waals surface area contributed by atoms with Crippen LogP contribution < -0.4 is 15.4 Å². The predicted molar refractivity (Wildman–Crippen MR) is 192 cm³/mol. The number of Topliss-reactive ketones (excluding diaryl/α,β-unsaturated/α-hetero) is 1. The van der Waals surface area contributed by atoms with Gasteiger partial charge in [0.25, 0.3) is 11.8 Å². The summed E-state index contributed by atoms with van der Waals surface area (Å²) in [7, 11) is 0. The Morgan fingerprint density at radius 3 is 2.50 bits per heavy atom. The monoisotopic (exact) mass is 729 g/mol. The summed E-state index contributed by atoms with van der Waals surface area (Å²) < 4.78 is 7.72. The number of piperidine rings is 1. The van der Waals surface area contributed by atoms with Gasteiger partial charge in [0, 0.05) is 36.0 Å². The number of hydrogen-bond acceptors (Lipinski definition) is 11. The molecule has 15 heteroatoms. The normalized spacial score (nSPS) is 17.8. The Labute approximate surface area is 305 Å². The molecule has 274 valence electrons. The van der Waals surface area contributed by atoms with Crippen LogP contribution in [0, 0.1) is 20.8 Å². The Morgan fingerprint density at radius 2 is 1.73 bits per heavy atom. The van der Waals surface area contributed by atoms with Gasteiger partial charge in [-0.05, 0) is 57.7 Å². The van der Waals surface area contributed by atoms with Gasteiger partial charge in [0.15, 0.2) is 11.6 Å². The van der Waals surface area contributed by atoms with Crippen LogP contribution in [0.15, 0.2) is 23.2 Å². The van der Waals surface area contributed by atoms with E-state index in [1.54, 1.807) is 17.4 Å². The zero-order chi connectivity index (χ0) is 36.9. The molecule has 2 aromatic heterocycles. The van der Waals surface area contributed by atoms with Crippen LogP contribution in [0.4, 0.5) is 0 Å². The minimum atomic E-state index is -1.07. The van der Waals surface area contributed by atoms with Crippen LogP contribution >= 0.6 is 11.3 Å². The van der Waals surface area contributed by atoms with Crippen molar-refractivity contribution in [1.29, 1.82) is 0 Å². The summed E-state index contributed by atoms with van der Waals surface area (Å²) in [6.45, 7) is 6.45. The lowest BCUT2D eigenvalue weighted by Gasteiger charge is -2.27. The Balaban J connectivity index is 0.841. The molecule has 6 rings (SSSR count). The maximum atomic E-state index is 13.2. The molecular weight excluding hydrogens is 687 g/mol. The lowest BCUT2D eigenvalue weighted by atomic mass is 10.0. The highest BCUT2D eigenvalue weighted by molar-refractivity contribution is 7.15. The summed E-state index contributed by atoms with van der Waals surface area (Å²) in [6, 6.07) is 3.10. The van der Waals surface area contributed by atoms with Crippen molar-refractivity contribution in [3.05, 3.63) is 57.0 Å². The Kier molecular flexibility index (Phi) is 11.4. The van der Waals surface area contributed by atoms with Crippen LogP contribution in [0.25, 0.3) is 5.00 Å². The van der Waals surface area contributed by atoms with Crippen LogP contribution in [0.1, 0.15) is 125 Å². The zero-order valence-corrected chi connectivity index (χ0v) is 30.5. The van der Waals surface area contributed by atoms with Crippen molar-refractivity contribution in [1.82, 2.24) is 30.3 Å². The molecule has 3 aliphatic rings. The van der Waals surface area contributed by atoms with Gasteiger partial charge in [-0.25, -0.2) is 0 Å². The van der Waals surface area contributed by atoms with Crippen molar-refractivity contribution < 1.29 is 33.5 Å². The second-order valence-electron chi connectivity index (χ2n) is 13.5. The first-order valence-corrected chi connectivity index (χ1v) is 18.7. The SMILES string of the molecule is Cc1sc2c(c1C)C=N[C@@H](CC(=O)NCCCCCCCCCC(=O)COc1cccc3c1C(=O)N(C1CCC(=O)NC1=O)C3=O)c1nnc(C)n1-2. The molecule has 2 atom stereocenters. The number of nitrogens with zero attached hydrogens (tertiary/aromatic N) is 5. The quantitative estimate of drug-likeness (QED) is 0.159. The Morgan fingerprint density at radius 1 is 0.981 bits per heavy atom. The number of aromatic nitrogens is 3. The third kappa shape index (κ3) is 7.73. The fourth-order valence-corrected chi connectivity index (χ4v) is 7.99. The number of nitrogens with one attached hydrogen (secondary N) is 2. The first-order valence-electron chi connectivity index (χ1n) is 17.9. The van der Waals surface area contributed by atoms with Crippen LogP contribution in [0.5, 0.6) is 5.75 Å². The number of amides is 5. The van der Waals surface area contributed by atoms with Crippen LogP contribution in [0.2, 0.25) is 0 Å². The van der Waals surface area contributed by atoms with Crippen molar-refractivity contribution >= 4 is 52.9 Å². The number of carbonyl (C=O) groups excluding carboxylic acids is 6. The number of hydrogen-bond donors (Lipinski definition) is 2. The number of fused-ring (bicyclic) bond motifs is 4. The third-order valence-electron chi connectivity index (χ3n) is 9.80. The van der Waals surface area contributed by atoms with E-state index in [9.17, 15) is 28.8 Å². The van der Waals surface area contributed by atoms with Crippen LogP contribution in [-0.4, -0.2) is 80.4 Å². The minimum absolute atomic E-state index is 0.0291. The molecule has 3 aromatic rings. The first kappa shape index (κ1) is 36.7. The summed E-state index contributed by atoms with van der Waals surface area (Å²) in [5.41, 5.74) is 2.38. The van der Waals surface area contributed by atoms with E-state index in [4.69, 9.17) is 9.73 Å². The third-order valence-corrected chi connectivity index (χ3v) is 11.0. The van der Waals surface area contributed by atoms with Gasteiger partial charge in [0.1, 0.15) is 35.3 Å². The zero-order valence-electron chi connectivity index (χ0n) is 29.7. The van der Waals surface area contributed by atoms with E-state index in [0.29, 0.717) is 18.8 Å². The number of thiophene rings is 1. The van der Waals surface area contributed by atoms with Crippen molar-refractivity contribution in [3.63, 3.8) is 0 Å². The van der Waals surface area contributed by atoms with Crippen molar-refractivity contribution in [2.45, 2.75) is 103 Å². The Bertz CT molecular complexity index is 1950. The summed E-state index contributed by atoms with van der Waals surface area (Å²) in [4.78, 5) is 82.2. The number of rotatable bonds is 16. The highest BCUT2D eigenvalue weighted by Gasteiger charge is 2.46. The molecule has 5 amide bonds. The van der Waals surface area contributed by atoms with Gasteiger partial charge >= 0.3 is 0 Å². The molecule has 2 N–H and O–H groups in total. The largest absolute Gasteiger partial charge is 0.485 e. The lowest BCUT2D eigenvalue weighted by Crippen LogP contribution is -2.54. The topological polar surface area (TPSA) is 182 Å². The highest BCUT2D eigenvalue weighted by atomic mass is 32.1. The number of aliphatic imine (C=N–C) groups is 1. The van der Waals surface area contributed by atoms with E-state index in [2.05, 4.69) is 34.7 Å². The number of ketones is 1. The summed E-state index contributed by atoms with van der Waals surface area (Å²) in [5, 5.41) is 14.9. The van der Waals surface area contributed by atoms with Crippen LogP contribution in [-0.2, 0) is 19.2 Å². The van der Waals surface area contributed by atoms with E-state index in [1.165, 1.54) is 22.6 Å². The van der Waals surface area contributed by atoms with Gasteiger partial charge in [-0.15, -0.1) is 21.5 Å². The molecule has 0 radical (unpaired) electrons. The van der Waals surface area contributed by atoms with E-state index < -0.39 is 35.7 Å². The second kappa shape index (κ2) is 16.1.